The summed E-state index contributed by atoms with van der Waals surface area (Å²) in [7, 11) is 1.95. The lowest BCUT2D eigenvalue weighted by Crippen LogP contribution is -2.41. The van der Waals surface area contributed by atoms with Gasteiger partial charge in [-0.1, -0.05) is 25.3 Å². The molecular weight excluding hydrogens is 248 g/mol. The molecule has 1 aliphatic carbocycles. The standard InChI is InChI=1S/C17H26N2O/c1-13-9-14(2)11-15(10-13)18-12-17(20)19(3)16-7-5-4-6-8-16/h9-11,16,18H,4-8,12H2,1-3H3. The van der Waals surface area contributed by atoms with Gasteiger partial charge in [0.1, 0.15) is 0 Å². The molecule has 1 aromatic rings. The summed E-state index contributed by atoms with van der Waals surface area (Å²) in [6.45, 7) is 4.54. The molecule has 0 heterocycles. The van der Waals surface area contributed by atoms with E-state index in [-0.39, 0.29) is 5.91 Å². The van der Waals surface area contributed by atoms with Crippen LogP contribution in [-0.2, 0) is 4.79 Å². The van der Waals surface area contributed by atoms with E-state index in [0.29, 0.717) is 12.6 Å². The van der Waals surface area contributed by atoms with Gasteiger partial charge in [0.05, 0.1) is 6.54 Å². The quantitative estimate of drug-likeness (QED) is 0.911. The Kier molecular flexibility index (Phi) is 5.05. The number of rotatable bonds is 4. The minimum atomic E-state index is 0.191. The third-order valence-electron chi connectivity index (χ3n) is 4.18. The van der Waals surface area contributed by atoms with E-state index in [2.05, 4.69) is 37.4 Å². The van der Waals surface area contributed by atoms with Crippen LogP contribution >= 0.6 is 0 Å². The summed E-state index contributed by atoms with van der Waals surface area (Å²) in [5, 5.41) is 3.25. The largest absolute Gasteiger partial charge is 0.376 e. The Morgan fingerprint density at radius 2 is 1.75 bits per heavy atom. The monoisotopic (exact) mass is 274 g/mol. The van der Waals surface area contributed by atoms with Crippen LogP contribution in [0.4, 0.5) is 5.69 Å². The van der Waals surface area contributed by atoms with Crippen LogP contribution in [-0.4, -0.2) is 30.4 Å². The first-order chi connectivity index (χ1) is 9.56. The number of benzene rings is 1. The number of carbonyl (C=O) groups excluding carboxylic acids is 1. The third kappa shape index (κ3) is 3.99. The lowest BCUT2D eigenvalue weighted by atomic mass is 9.94. The second-order valence-electron chi connectivity index (χ2n) is 6.03. The predicted molar refractivity (Wildman–Crippen MR) is 84.0 cm³/mol. The first-order valence-corrected chi connectivity index (χ1v) is 7.64. The maximum atomic E-state index is 12.2. The lowest BCUT2D eigenvalue weighted by molar-refractivity contribution is -0.130. The van der Waals surface area contributed by atoms with Gasteiger partial charge in [0.25, 0.3) is 0 Å². The summed E-state index contributed by atoms with van der Waals surface area (Å²) in [5.74, 6) is 0.191. The molecule has 110 valence electrons. The summed E-state index contributed by atoms with van der Waals surface area (Å²) in [4.78, 5) is 14.2. The van der Waals surface area contributed by atoms with E-state index in [1.165, 1.54) is 30.4 Å². The fourth-order valence-corrected chi connectivity index (χ4v) is 3.05. The molecular formula is C17H26N2O. The molecule has 1 amide bonds. The molecule has 0 bridgehead atoms. The molecule has 1 N–H and O–H groups in total. The van der Waals surface area contributed by atoms with Crippen molar-refractivity contribution in [1.82, 2.24) is 4.90 Å². The summed E-state index contributed by atoms with van der Waals surface area (Å²) in [6.07, 6.45) is 6.15. The van der Waals surface area contributed by atoms with Gasteiger partial charge in [0.2, 0.25) is 5.91 Å². The molecule has 0 aromatic heterocycles. The zero-order valence-electron chi connectivity index (χ0n) is 12.9. The Labute approximate surface area is 122 Å². The molecule has 0 spiro atoms. The van der Waals surface area contributed by atoms with Crippen LogP contribution in [0.2, 0.25) is 0 Å². The van der Waals surface area contributed by atoms with Gasteiger partial charge in [0.15, 0.2) is 0 Å². The molecule has 1 aromatic carbocycles. The van der Waals surface area contributed by atoms with Crippen molar-refractivity contribution in [2.45, 2.75) is 52.0 Å². The van der Waals surface area contributed by atoms with E-state index in [9.17, 15) is 4.79 Å². The van der Waals surface area contributed by atoms with Crippen LogP contribution in [0, 0.1) is 13.8 Å². The van der Waals surface area contributed by atoms with E-state index in [4.69, 9.17) is 0 Å². The van der Waals surface area contributed by atoms with Gasteiger partial charge in [-0.25, -0.2) is 0 Å². The van der Waals surface area contributed by atoms with Crippen molar-refractivity contribution in [2.75, 3.05) is 18.9 Å². The molecule has 0 unspecified atom stereocenters. The van der Waals surface area contributed by atoms with Crippen molar-refractivity contribution in [3.63, 3.8) is 0 Å². The fourth-order valence-electron chi connectivity index (χ4n) is 3.05. The molecule has 2 rings (SSSR count). The van der Waals surface area contributed by atoms with Crippen LogP contribution in [0.3, 0.4) is 0 Å². The number of nitrogens with zero attached hydrogens (tertiary/aromatic N) is 1. The first kappa shape index (κ1) is 14.9. The van der Waals surface area contributed by atoms with E-state index >= 15 is 0 Å². The molecule has 0 aliphatic heterocycles. The SMILES string of the molecule is Cc1cc(C)cc(NCC(=O)N(C)C2CCCCC2)c1. The highest BCUT2D eigenvalue weighted by Crippen LogP contribution is 2.21. The highest BCUT2D eigenvalue weighted by atomic mass is 16.2. The van der Waals surface area contributed by atoms with E-state index in [1.54, 1.807) is 0 Å². The third-order valence-corrected chi connectivity index (χ3v) is 4.18. The van der Waals surface area contributed by atoms with Crippen LogP contribution in [0.1, 0.15) is 43.2 Å². The van der Waals surface area contributed by atoms with Gasteiger partial charge in [-0.2, -0.15) is 0 Å². The topological polar surface area (TPSA) is 32.3 Å². The number of hydrogen-bond acceptors (Lipinski definition) is 2. The Bertz CT molecular complexity index is 444. The number of nitrogens with one attached hydrogen (secondary N) is 1. The van der Waals surface area contributed by atoms with Crippen LogP contribution in [0.25, 0.3) is 0 Å². The highest BCUT2D eigenvalue weighted by Gasteiger charge is 2.21. The van der Waals surface area contributed by atoms with E-state index in [1.807, 2.05) is 11.9 Å². The summed E-state index contributed by atoms with van der Waals surface area (Å²) in [5.41, 5.74) is 3.48. The van der Waals surface area contributed by atoms with Gasteiger partial charge in [-0.3, -0.25) is 4.79 Å². The van der Waals surface area contributed by atoms with E-state index < -0.39 is 0 Å². The van der Waals surface area contributed by atoms with Crippen molar-refractivity contribution in [3.05, 3.63) is 29.3 Å². The first-order valence-electron chi connectivity index (χ1n) is 7.64. The molecule has 1 saturated carbocycles. The van der Waals surface area contributed by atoms with Gasteiger partial charge in [-0.15, -0.1) is 0 Å². The summed E-state index contributed by atoms with van der Waals surface area (Å²) >= 11 is 0. The minimum Gasteiger partial charge on any atom is -0.376 e. The number of amides is 1. The number of anilines is 1. The molecule has 20 heavy (non-hydrogen) atoms. The van der Waals surface area contributed by atoms with E-state index in [0.717, 1.165) is 18.5 Å². The summed E-state index contributed by atoms with van der Waals surface area (Å²) in [6, 6.07) is 6.75. The normalized spacial score (nSPS) is 15.9. The number of aryl methyl sites for hydroxylation is 2. The molecule has 0 saturated heterocycles. The Morgan fingerprint density at radius 3 is 2.35 bits per heavy atom. The second kappa shape index (κ2) is 6.78. The highest BCUT2D eigenvalue weighted by molar-refractivity contribution is 5.81. The Hall–Kier alpha value is -1.51. The number of likely N-dealkylation sites (N-methyl/N-ethyl adjacent to an activating group) is 1. The average molecular weight is 274 g/mol. The molecule has 0 radical (unpaired) electrons. The van der Waals surface area contributed by atoms with Crippen LogP contribution in [0.5, 0.6) is 0 Å². The lowest BCUT2D eigenvalue weighted by Gasteiger charge is -2.31. The molecule has 3 nitrogen and oxygen atoms in total. The molecule has 0 atom stereocenters. The maximum absolute atomic E-state index is 12.2. The van der Waals surface area contributed by atoms with Crippen molar-refractivity contribution in [2.24, 2.45) is 0 Å². The van der Waals surface area contributed by atoms with Gasteiger partial charge < -0.3 is 10.2 Å². The molecule has 1 fully saturated rings. The van der Waals surface area contributed by atoms with Crippen molar-refractivity contribution < 1.29 is 4.79 Å². The number of carbonyl (C=O) groups is 1. The summed E-state index contributed by atoms with van der Waals surface area (Å²) < 4.78 is 0. The smallest absolute Gasteiger partial charge is 0.241 e. The predicted octanol–water partition coefficient (Wildman–Crippen LogP) is 3.51. The van der Waals surface area contributed by atoms with Crippen molar-refractivity contribution in [3.8, 4) is 0 Å². The van der Waals surface area contributed by atoms with Gasteiger partial charge in [0, 0.05) is 18.8 Å². The zero-order valence-corrected chi connectivity index (χ0v) is 12.9. The van der Waals surface area contributed by atoms with Crippen LogP contribution in [0.15, 0.2) is 18.2 Å². The van der Waals surface area contributed by atoms with Gasteiger partial charge in [-0.05, 0) is 49.9 Å². The second-order valence-corrected chi connectivity index (χ2v) is 6.03. The number of hydrogen-bond donors (Lipinski definition) is 1. The van der Waals surface area contributed by atoms with Gasteiger partial charge >= 0.3 is 0 Å². The molecule has 3 heteroatoms. The Morgan fingerprint density at radius 1 is 1.15 bits per heavy atom. The Balaban J connectivity index is 1.87. The van der Waals surface area contributed by atoms with Crippen LogP contribution < -0.4 is 5.32 Å². The maximum Gasteiger partial charge on any atom is 0.241 e. The zero-order chi connectivity index (χ0) is 14.5. The van der Waals surface area contributed by atoms with Crippen molar-refractivity contribution in [1.29, 1.82) is 0 Å². The minimum absolute atomic E-state index is 0.191. The van der Waals surface area contributed by atoms with Crippen molar-refractivity contribution >= 4 is 11.6 Å². The average Bonchev–Trinajstić information content (AvgIpc) is 2.44. The molecule has 1 aliphatic rings. The fraction of sp³-hybridized carbons (Fsp3) is 0.588.